The first kappa shape index (κ1) is 15.8. The van der Waals surface area contributed by atoms with Crippen LogP contribution >= 0.6 is 34.8 Å². The fourth-order valence-corrected chi connectivity index (χ4v) is 2.74. The number of aromatic carboxylic acids is 1. The molecular weight excluding hydrogens is 337 g/mol. The Bertz CT molecular complexity index is 681. The second-order valence-corrected chi connectivity index (χ2v) is 5.42. The van der Waals surface area contributed by atoms with Crippen molar-refractivity contribution in [3.05, 3.63) is 56.5 Å². The zero-order valence-electron chi connectivity index (χ0n) is 10.6. The van der Waals surface area contributed by atoms with Crippen LogP contribution in [0.25, 0.3) is 0 Å². The second-order valence-electron chi connectivity index (χ2n) is 4.17. The van der Waals surface area contributed by atoms with Crippen molar-refractivity contribution in [2.24, 2.45) is 0 Å². The molecule has 7 heteroatoms. The van der Waals surface area contributed by atoms with E-state index in [0.717, 1.165) is 0 Å². The van der Waals surface area contributed by atoms with Crippen LogP contribution in [0.3, 0.4) is 0 Å². The average molecular weight is 347 g/mol. The van der Waals surface area contributed by atoms with Crippen LogP contribution in [0.2, 0.25) is 15.1 Å². The van der Waals surface area contributed by atoms with Crippen molar-refractivity contribution >= 4 is 46.5 Å². The number of carboxylic acid groups (broad SMARTS) is 1. The maximum atomic E-state index is 11.2. The van der Waals surface area contributed by atoms with E-state index < -0.39 is 5.97 Å². The minimum Gasteiger partial charge on any atom is -0.486 e. The monoisotopic (exact) mass is 345 g/mol. The number of rotatable bonds is 4. The maximum absolute atomic E-state index is 11.2. The molecule has 2 aromatic rings. The van der Waals surface area contributed by atoms with Crippen LogP contribution in [0.15, 0.2) is 30.3 Å². The molecule has 0 saturated heterocycles. The van der Waals surface area contributed by atoms with E-state index in [0.29, 0.717) is 10.6 Å². The predicted molar refractivity (Wildman–Crippen MR) is 83.6 cm³/mol. The number of anilines is 1. The van der Waals surface area contributed by atoms with Crippen molar-refractivity contribution in [2.75, 3.05) is 5.73 Å². The van der Waals surface area contributed by atoms with Gasteiger partial charge in [-0.2, -0.15) is 0 Å². The lowest BCUT2D eigenvalue weighted by molar-refractivity contribution is 0.0695. The molecule has 110 valence electrons. The summed E-state index contributed by atoms with van der Waals surface area (Å²) in [7, 11) is 0. The van der Waals surface area contributed by atoms with E-state index in [9.17, 15) is 9.90 Å². The number of ether oxygens (including phenoxy) is 1. The predicted octanol–water partition coefficient (Wildman–Crippen LogP) is 4.51. The molecule has 4 nitrogen and oxygen atoms in total. The molecule has 0 radical (unpaired) electrons. The standard InChI is InChI=1S/C14H10Cl3NO3/c15-8-4-9(16)13(10(17)5-8)21-6-7-2-1-3-11(18)12(7)14(19)20/h1-5H,6,18H2,(H,19,20). The third kappa shape index (κ3) is 3.53. The summed E-state index contributed by atoms with van der Waals surface area (Å²) in [5, 5.41) is 10.1. The molecule has 0 aliphatic heterocycles. The quantitative estimate of drug-likeness (QED) is 0.799. The summed E-state index contributed by atoms with van der Waals surface area (Å²) in [6, 6.07) is 7.74. The normalized spacial score (nSPS) is 10.4. The number of carbonyl (C=O) groups is 1. The Hall–Kier alpha value is -1.62. The Kier molecular flexibility index (Phi) is 4.83. The van der Waals surface area contributed by atoms with Gasteiger partial charge >= 0.3 is 5.97 Å². The Morgan fingerprint density at radius 2 is 1.81 bits per heavy atom. The van der Waals surface area contributed by atoms with Gasteiger partial charge in [-0.15, -0.1) is 0 Å². The highest BCUT2D eigenvalue weighted by Crippen LogP contribution is 2.36. The number of halogens is 3. The Morgan fingerprint density at radius 3 is 2.38 bits per heavy atom. The van der Waals surface area contributed by atoms with Crippen LogP contribution in [0.5, 0.6) is 5.75 Å². The summed E-state index contributed by atoms with van der Waals surface area (Å²) < 4.78 is 5.51. The van der Waals surface area contributed by atoms with Crippen molar-refractivity contribution < 1.29 is 14.6 Å². The van der Waals surface area contributed by atoms with Crippen molar-refractivity contribution in [3.63, 3.8) is 0 Å². The van der Waals surface area contributed by atoms with Crippen molar-refractivity contribution in [1.29, 1.82) is 0 Å². The Morgan fingerprint density at radius 1 is 1.19 bits per heavy atom. The largest absolute Gasteiger partial charge is 0.486 e. The highest BCUT2D eigenvalue weighted by atomic mass is 35.5. The zero-order valence-corrected chi connectivity index (χ0v) is 12.8. The van der Waals surface area contributed by atoms with Gasteiger partial charge in [-0.25, -0.2) is 4.79 Å². The molecule has 0 saturated carbocycles. The zero-order chi connectivity index (χ0) is 15.6. The molecule has 0 unspecified atom stereocenters. The first-order valence-corrected chi connectivity index (χ1v) is 6.91. The number of nitrogen functional groups attached to an aromatic ring is 1. The van der Waals surface area contributed by atoms with E-state index in [4.69, 9.17) is 45.3 Å². The highest BCUT2D eigenvalue weighted by molar-refractivity contribution is 6.40. The molecule has 0 bridgehead atoms. The van der Waals surface area contributed by atoms with Crippen molar-refractivity contribution in [2.45, 2.75) is 6.61 Å². The van der Waals surface area contributed by atoms with Crippen LogP contribution in [0, 0.1) is 0 Å². The molecule has 0 aliphatic rings. The Balaban J connectivity index is 2.29. The summed E-state index contributed by atoms with van der Waals surface area (Å²) >= 11 is 17.8. The van der Waals surface area contributed by atoms with E-state index >= 15 is 0 Å². The fourth-order valence-electron chi connectivity index (χ4n) is 1.82. The highest BCUT2D eigenvalue weighted by Gasteiger charge is 2.15. The molecule has 2 rings (SSSR count). The molecule has 0 aromatic heterocycles. The summed E-state index contributed by atoms with van der Waals surface area (Å²) in [6.07, 6.45) is 0. The number of hydrogen-bond acceptors (Lipinski definition) is 3. The third-order valence-electron chi connectivity index (χ3n) is 2.73. The molecule has 0 spiro atoms. The van der Waals surface area contributed by atoms with Gasteiger partial charge in [-0.05, 0) is 18.2 Å². The van der Waals surface area contributed by atoms with Gasteiger partial charge in [0.05, 0.1) is 15.6 Å². The van der Waals surface area contributed by atoms with Crippen molar-refractivity contribution in [1.82, 2.24) is 0 Å². The molecule has 0 amide bonds. The second kappa shape index (κ2) is 6.43. The summed E-state index contributed by atoms with van der Waals surface area (Å²) in [5.41, 5.74) is 6.25. The number of nitrogens with two attached hydrogens (primary N) is 1. The maximum Gasteiger partial charge on any atom is 0.338 e. The molecule has 3 N–H and O–H groups in total. The van der Waals surface area contributed by atoms with Gasteiger partial charge in [-0.3, -0.25) is 0 Å². The van der Waals surface area contributed by atoms with Crippen LogP contribution in [-0.4, -0.2) is 11.1 Å². The number of hydrogen-bond donors (Lipinski definition) is 2. The van der Waals surface area contributed by atoms with Crippen LogP contribution < -0.4 is 10.5 Å². The molecule has 2 aromatic carbocycles. The first-order valence-electron chi connectivity index (χ1n) is 5.78. The average Bonchev–Trinajstić information content (AvgIpc) is 2.36. The summed E-state index contributed by atoms with van der Waals surface area (Å²) in [5.74, 6) is -0.888. The van der Waals surface area contributed by atoms with Crippen molar-refractivity contribution in [3.8, 4) is 5.75 Å². The third-order valence-corrected chi connectivity index (χ3v) is 3.51. The molecule has 0 aliphatic carbocycles. The number of carboxylic acids is 1. The van der Waals surface area contributed by atoms with Crippen LogP contribution in [-0.2, 0) is 6.61 Å². The molecule has 21 heavy (non-hydrogen) atoms. The van der Waals surface area contributed by atoms with Gasteiger partial charge in [0.15, 0.2) is 5.75 Å². The lowest BCUT2D eigenvalue weighted by Gasteiger charge is -2.13. The van der Waals surface area contributed by atoms with E-state index in [2.05, 4.69) is 0 Å². The molecule has 0 atom stereocenters. The topological polar surface area (TPSA) is 72.5 Å². The Labute approximate surface area is 136 Å². The lowest BCUT2D eigenvalue weighted by atomic mass is 10.1. The van der Waals surface area contributed by atoms with E-state index in [-0.39, 0.29) is 33.7 Å². The molecular formula is C14H10Cl3NO3. The first-order chi connectivity index (χ1) is 9.90. The number of benzene rings is 2. The summed E-state index contributed by atoms with van der Waals surface area (Å²) in [4.78, 5) is 11.2. The SMILES string of the molecule is Nc1cccc(COc2c(Cl)cc(Cl)cc2Cl)c1C(=O)O. The van der Waals surface area contributed by atoms with Gasteiger partial charge < -0.3 is 15.6 Å². The fraction of sp³-hybridized carbons (Fsp3) is 0.0714. The van der Waals surface area contributed by atoms with Crippen LogP contribution in [0.4, 0.5) is 5.69 Å². The smallest absolute Gasteiger partial charge is 0.338 e. The van der Waals surface area contributed by atoms with E-state index in [1.54, 1.807) is 12.1 Å². The van der Waals surface area contributed by atoms with Gasteiger partial charge in [0.2, 0.25) is 0 Å². The van der Waals surface area contributed by atoms with E-state index in [1.165, 1.54) is 18.2 Å². The van der Waals surface area contributed by atoms with Gasteiger partial charge in [-0.1, -0.05) is 46.9 Å². The lowest BCUT2D eigenvalue weighted by Crippen LogP contribution is -2.09. The van der Waals surface area contributed by atoms with Gasteiger partial charge in [0.25, 0.3) is 0 Å². The van der Waals surface area contributed by atoms with Gasteiger partial charge in [0, 0.05) is 16.3 Å². The minimum atomic E-state index is -1.12. The van der Waals surface area contributed by atoms with E-state index in [1.807, 2.05) is 0 Å². The minimum absolute atomic E-state index is 0.00120. The molecule has 0 heterocycles. The summed E-state index contributed by atoms with van der Waals surface area (Å²) in [6.45, 7) is -0.0340. The molecule has 0 fully saturated rings. The van der Waals surface area contributed by atoms with Gasteiger partial charge in [0.1, 0.15) is 6.61 Å². The van der Waals surface area contributed by atoms with Crippen LogP contribution in [0.1, 0.15) is 15.9 Å².